The zero-order valence-electron chi connectivity index (χ0n) is 14.2. The molecule has 1 aromatic heterocycles. The number of hydrogen-bond donors (Lipinski definition) is 0. The highest BCUT2D eigenvalue weighted by atomic mass is 16.5. The summed E-state index contributed by atoms with van der Waals surface area (Å²) in [4.78, 5) is 2.55. The van der Waals surface area contributed by atoms with Crippen LogP contribution in [-0.4, -0.2) is 45.9 Å². The van der Waals surface area contributed by atoms with E-state index in [0.717, 1.165) is 43.3 Å². The summed E-state index contributed by atoms with van der Waals surface area (Å²) < 4.78 is 7.87. The highest BCUT2D eigenvalue weighted by Crippen LogP contribution is 2.34. The Balaban J connectivity index is 1.49. The number of nitrogens with zero attached hydrogens (tertiary/aromatic N) is 4. The number of ether oxygens (including phenoxy) is 1. The Morgan fingerprint density at radius 3 is 2.68 bits per heavy atom. The third-order valence-electron chi connectivity index (χ3n) is 5.31. The summed E-state index contributed by atoms with van der Waals surface area (Å²) in [6.45, 7) is 8.83. The van der Waals surface area contributed by atoms with Gasteiger partial charge < -0.3 is 9.30 Å². The van der Waals surface area contributed by atoms with Crippen molar-refractivity contribution in [3.63, 3.8) is 0 Å². The first kappa shape index (κ1) is 15.9. The van der Waals surface area contributed by atoms with Gasteiger partial charge in [-0.1, -0.05) is 13.8 Å². The van der Waals surface area contributed by atoms with Gasteiger partial charge in [0.1, 0.15) is 12.4 Å². The van der Waals surface area contributed by atoms with Crippen LogP contribution in [0, 0.1) is 17.8 Å². The Labute approximate surface area is 134 Å². The molecule has 2 fully saturated rings. The largest absolute Gasteiger partial charge is 0.368 e. The Morgan fingerprint density at radius 2 is 2.00 bits per heavy atom. The van der Waals surface area contributed by atoms with E-state index in [2.05, 4.69) is 28.9 Å². The highest BCUT2D eigenvalue weighted by Gasteiger charge is 2.27. The van der Waals surface area contributed by atoms with Crippen molar-refractivity contribution in [3.05, 3.63) is 12.2 Å². The molecule has 2 aliphatic rings. The molecule has 0 radical (unpaired) electrons. The first-order valence-electron chi connectivity index (χ1n) is 8.79. The minimum absolute atomic E-state index is 0.0745. The molecule has 2 heterocycles. The van der Waals surface area contributed by atoms with Gasteiger partial charge in [0, 0.05) is 20.1 Å². The molecule has 1 aliphatic carbocycles. The topological polar surface area (TPSA) is 43.2 Å². The molecule has 0 N–H and O–H groups in total. The maximum absolute atomic E-state index is 5.89. The second-order valence-corrected chi connectivity index (χ2v) is 7.53. The predicted molar refractivity (Wildman–Crippen MR) is 86.4 cm³/mol. The number of aromatic nitrogens is 3. The third kappa shape index (κ3) is 3.87. The van der Waals surface area contributed by atoms with Crippen LogP contribution in [0.15, 0.2) is 6.33 Å². The molecule has 0 amide bonds. The summed E-state index contributed by atoms with van der Waals surface area (Å²) in [5.74, 6) is 3.68. The summed E-state index contributed by atoms with van der Waals surface area (Å²) in [5, 5.41) is 8.18. The van der Waals surface area contributed by atoms with Gasteiger partial charge in [0.25, 0.3) is 0 Å². The van der Waals surface area contributed by atoms with Gasteiger partial charge in [-0.3, -0.25) is 4.90 Å². The number of hydrogen-bond acceptors (Lipinski definition) is 4. The first-order valence-corrected chi connectivity index (χ1v) is 8.79. The normalized spacial score (nSPS) is 34.0. The van der Waals surface area contributed by atoms with Crippen LogP contribution in [0.1, 0.15) is 51.5 Å². The molecule has 22 heavy (non-hydrogen) atoms. The van der Waals surface area contributed by atoms with Crippen LogP contribution in [0.25, 0.3) is 0 Å². The van der Waals surface area contributed by atoms with Crippen molar-refractivity contribution in [3.8, 4) is 0 Å². The van der Waals surface area contributed by atoms with Crippen molar-refractivity contribution in [2.45, 2.75) is 45.6 Å². The summed E-state index contributed by atoms with van der Waals surface area (Å²) in [6, 6.07) is 0. The van der Waals surface area contributed by atoms with Crippen molar-refractivity contribution in [1.29, 1.82) is 0 Å². The van der Waals surface area contributed by atoms with Crippen LogP contribution < -0.4 is 0 Å². The third-order valence-corrected chi connectivity index (χ3v) is 5.31. The van der Waals surface area contributed by atoms with Crippen molar-refractivity contribution in [2.75, 3.05) is 26.2 Å². The second-order valence-electron chi connectivity index (χ2n) is 7.53. The van der Waals surface area contributed by atoms with E-state index in [1.807, 2.05) is 11.6 Å². The summed E-state index contributed by atoms with van der Waals surface area (Å²) in [6.07, 6.45) is 7.42. The van der Waals surface area contributed by atoms with E-state index in [9.17, 15) is 0 Å². The van der Waals surface area contributed by atoms with Crippen LogP contribution >= 0.6 is 0 Å². The van der Waals surface area contributed by atoms with Gasteiger partial charge in [-0.15, -0.1) is 10.2 Å². The second kappa shape index (κ2) is 7.09. The van der Waals surface area contributed by atoms with E-state index >= 15 is 0 Å². The molecule has 1 unspecified atom stereocenters. The van der Waals surface area contributed by atoms with Gasteiger partial charge in [0.15, 0.2) is 5.82 Å². The van der Waals surface area contributed by atoms with E-state index in [-0.39, 0.29) is 6.10 Å². The SMILES string of the molecule is C[C@@H]1CC(CCN2CCO[C@@H](c3nncn3C)C2)C[C@H](C)C1. The number of aryl methyl sites for hydroxylation is 1. The molecule has 0 spiro atoms. The summed E-state index contributed by atoms with van der Waals surface area (Å²) in [7, 11) is 1.99. The van der Waals surface area contributed by atoms with Crippen molar-refractivity contribution in [1.82, 2.24) is 19.7 Å². The lowest BCUT2D eigenvalue weighted by atomic mass is 9.75. The molecule has 5 nitrogen and oxygen atoms in total. The Hall–Kier alpha value is -0.940. The minimum Gasteiger partial charge on any atom is -0.368 e. The van der Waals surface area contributed by atoms with Gasteiger partial charge >= 0.3 is 0 Å². The fraction of sp³-hybridized carbons (Fsp3) is 0.882. The molecule has 3 rings (SSSR count). The van der Waals surface area contributed by atoms with Crippen LogP contribution in [0.5, 0.6) is 0 Å². The molecule has 1 aliphatic heterocycles. The van der Waals surface area contributed by atoms with Gasteiger partial charge in [0.05, 0.1) is 6.61 Å². The zero-order valence-corrected chi connectivity index (χ0v) is 14.2. The van der Waals surface area contributed by atoms with Gasteiger partial charge in [-0.05, 0) is 50.0 Å². The molecule has 1 saturated heterocycles. The lowest BCUT2D eigenvalue weighted by Gasteiger charge is -2.35. The number of rotatable bonds is 4. The monoisotopic (exact) mass is 306 g/mol. The summed E-state index contributed by atoms with van der Waals surface area (Å²) >= 11 is 0. The fourth-order valence-electron chi connectivity index (χ4n) is 4.36. The van der Waals surface area contributed by atoms with Gasteiger partial charge in [-0.25, -0.2) is 0 Å². The molecular formula is C17H30N4O. The lowest BCUT2D eigenvalue weighted by Crippen LogP contribution is -2.40. The van der Waals surface area contributed by atoms with Crippen molar-refractivity contribution >= 4 is 0 Å². The van der Waals surface area contributed by atoms with Crippen LogP contribution in [-0.2, 0) is 11.8 Å². The molecule has 0 bridgehead atoms. The number of morpholine rings is 1. The Morgan fingerprint density at radius 1 is 1.23 bits per heavy atom. The zero-order chi connectivity index (χ0) is 15.5. The van der Waals surface area contributed by atoms with E-state index in [1.165, 1.54) is 32.2 Å². The van der Waals surface area contributed by atoms with E-state index in [1.54, 1.807) is 6.33 Å². The Bertz CT molecular complexity index is 465. The van der Waals surface area contributed by atoms with Crippen LogP contribution in [0.2, 0.25) is 0 Å². The standard InChI is InChI=1S/C17H30N4O/c1-13-8-14(2)10-15(9-13)4-5-21-6-7-22-16(11-21)17-19-18-12-20(17)3/h12-16H,4-11H2,1-3H3/t13-,14+,15?,16-/m1/s1. The molecule has 5 heteroatoms. The highest BCUT2D eigenvalue weighted by molar-refractivity contribution is 4.94. The molecular weight excluding hydrogens is 276 g/mol. The maximum Gasteiger partial charge on any atom is 0.163 e. The smallest absolute Gasteiger partial charge is 0.163 e. The fourth-order valence-corrected chi connectivity index (χ4v) is 4.36. The van der Waals surface area contributed by atoms with Crippen LogP contribution in [0.3, 0.4) is 0 Å². The molecule has 4 atom stereocenters. The molecule has 124 valence electrons. The van der Waals surface area contributed by atoms with E-state index in [0.29, 0.717) is 0 Å². The molecule has 1 saturated carbocycles. The average Bonchev–Trinajstić information content (AvgIpc) is 2.91. The van der Waals surface area contributed by atoms with Gasteiger partial charge in [0.2, 0.25) is 0 Å². The lowest BCUT2D eigenvalue weighted by molar-refractivity contribution is -0.0378. The van der Waals surface area contributed by atoms with Crippen molar-refractivity contribution < 1.29 is 4.74 Å². The Kier molecular flexibility index (Phi) is 5.14. The van der Waals surface area contributed by atoms with Gasteiger partial charge in [-0.2, -0.15) is 0 Å². The maximum atomic E-state index is 5.89. The quantitative estimate of drug-likeness (QED) is 0.858. The summed E-state index contributed by atoms with van der Waals surface area (Å²) in [5.41, 5.74) is 0. The van der Waals surface area contributed by atoms with Crippen molar-refractivity contribution in [2.24, 2.45) is 24.8 Å². The minimum atomic E-state index is 0.0745. The average molecular weight is 306 g/mol. The van der Waals surface area contributed by atoms with E-state index < -0.39 is 0 Å². The van der Waals surface area contributed by atoms with E-state index in [4.69, 9.17) is 4.74 Å². The molecule has 0 aromatic carbocycles. The molecule has 1 aromatic rings. The predicted octanol–water partition coefficient (Wildman–Crippen LogP) is 2.65. The van der Waals surface area contributed by atoms with Crippen LogP contribution in [0.4, 0.5) is 0 Å². The first-order chi connectivity index (χ1) is 10.6.